The second-order valence-electron chi connectivity index (χ2n) is 8.07. The molecule has 2 heterocycles. The van der Waals surface area contributed by atoms with Gasteiger partial charge in [-0.15, -0.1) is 0 Å². The van der Waals surface area contributed by atoms with Crippen LogP contribution in [0, 0.1) is 19.8 Å². The molecular weight excluding hydrogens is 406 g/mol. The molecule has 0 bridgehead atoms. The van der Waals surface area contributed by atoms with Crippen molar-refractivity contribution in [1.29, 1.82) is 0 Å². The Hall–Kier alpha value is -3.61. The molecule has 1 aliphatic heterocycles. The molecule has 0 radical (unpaired) electrons. The number of ether oxygens (including phenoxy) is 1. The third kappa shape index (κ3) is 4.51. The van der Waals surface area contributed by atoms with E-state index in [1.807, 2.05) is 36.4 Å². The second-order valence-corrected chi connectivity index (χ2v) is 8.07. The molecule has 0 aliphatic carbocycles. The van der Waals surface area contributed by atoms with Crippen molar-refractivity contribution < 1.29 is 18.8 Å². The molecule has 0 saturated carbocycles. The molecule has 1 fully saturated rings. The van der Waals surface area contributed by atoms with Gasteiger partial charge in [0, 0.05) is 19.6 Å². The Morgan fingerprint density at radius 1 is 1.12 bits per heavy atom. The summed E-state index contributed by atoms with van der Waals surface area (Å²) in [5.41, 5.74) is 4.30. The molecule has 1 saturated heterocycles. The van der Waals surface area contributed by atoms with Gasteiger partial charge >= 0.3 is 0 Å². The Kier molecular flexibility index (Phi) is 6.25. The quantitative estimate of drug-likeness (QED) is 0.667. The summed E-state index contributed by atoms with van der Waals surface area (Å²) in [6.45, 7) is 4.74. The van der Waals surface area contributed by atoms with E-state index < -0.39 is 0 Å². The SMILES string of the molecule is COc1ccc(-c2ccc(CC3CN(C(=O)c4c(C)noc4C)CCNC3=O)cc2)cc1. The lowest BCUT2D eigenvalue weighted by Crippen LogP contribution is -2.37. The molecule has 2 aromatic carbocycles. The van der Waals surface area contributed by atoms with Crippen LogP contribution in [0.5, 0.6) is 5.75 Å². The monoisotopic (exact) mass is 433 g/mol. The summed E-state index contributed by atoms with van der Waals surface area (Å²) < 4.78 is 10.4. The van der Waals surface area contributed by atoms with Crippen molar-refractivity contribution in [1.82, 2.24) is 15.4 Å². The first-order valence-corrected chi connectivity index (χ1v) is 10.7. The molecule has 4 rings (SSSR count). The Labute approximate surface area is 187 Å². The third-order valence-corrected chi connectivity index (χ3v) is 5.89. The number of carbonyl (C=O) groups is 2. The minimum absolute atomic E-state index is 0.0294. The molecule has 7 nitrogen and oxygen atoms in total. The molecule has 1 aromatic heterocycles. The van der Waals surface area contributed by atoms with E-state index in [2.05, 4.69) is 22.6 Å². The third-order valence-electron chi connectivity index (χ3n) is 5.89. The molecule has 1 atom stereocenters. The zero-order valence-corrected chi connectivity index (χ0v) is 18.6. The van der Waals surface area contributed by atoms with Crippen LogP contribution in [0.3, 0.4) is 0 Å². The summed E-state index contributed by atoms with van der Waals surface area (Å²) >= 11 is 0. The van der Waals surface area contributed by atoms with Gasteiger partial charge < -0.3 is 19.5 Å². The highest BCUT2D eigenvalue weighted by molar-refractivity contribution is 5.96. The van der Waals surface area contributed by atoms with E-state index in [1.165, 1.54) is 0 Å². The van der Waals surface area contributed by atoms with Crippen LogP contribution in [0.15, 0.2) is 53.1 Å². The number of carbonyl (C=O) groups excluding carboxylic acids is 2. The highest BCUT2D eigenvalue weighted by Gasteiger charge is 2.30. The first-order chi connectivity index (χ1) is 15.5. The summed E-state index contributed by atoms with van der Waals surface area (Å²) in [4.78, 5) is 27.5. The molecule has 2 amide bonds. The van der Waals surface area contributed by atoms with E-state index in [0.717, 1.165) is 22.4 Å². The lowest BCUT2D eigenvalue weighted by molar-refractivity contribution is -0.124. The molecule has 0 spiro atoms. The number of hydrogen-bond donors (Lipinski definition) is 1. The van der Waals surface area contributed by atoms with Gasteiger partial charge in [-0.3, -0.25) is 9.59 Å². The maximum Gasteiger partial charge on any atom is 0.259 e. The lowest BCUT2D eigenvalue weighted by atomic mass is 9.96. The normalized spacial score (nSPS) is 16.4. The largest absolute Gasteiger partial charge is 0.497 e. The van der Waals surface area contributed by atoms with Gasteiger partial charge in [0.15, 0.2) is 0 Å². The van der Waals surface area contributed by atoms with E-state index >= 15 is 0 Å². The van der Waals surface area contributed by atoms with E-state index in [-0.39, 0.29) is 17.7 Å². The number of aryl methyl sites for hydroxylation is 2. The molecule has 1 aliphatic rings. The summed E-state index contributed by atoms with van der Waals surface area (Å²) in [6, 6.07) is 16.1. The van der Waals surface area contributed by atoms with Crippen molar-refractivity contribution in [2.24, 2.45) is 5.92 Å². The van der Waals surface area contributed by atoms with Gasteiger partial charge in [-0.25, -0.2) is 0 Å². The Balaban J connectivity index is 1.48. The first kappa shape index (κ1) is 21.6. The molecular formula is C25H27N3O4. The number of benzene rings is 2. The molecule has 7 heteroatoms. The van der Waals surface area contributed by atoms with Gasteiger partial charge in [-0.05, 0) is 49.1 Å². The summed E-state index contributed by atoms with van der Waals surface area (Å²) in [5.74, 6) is 0.826. The number of hydrogen-bond acceptors (Lipinski definition) is 5. The molecule has 1 unspecified atom stereocenters. The number of nitrogens with one attached hydrogen (secondary N) is 1. The zero-order chi connectivity index (χ0) is 22.7. The number of nitrogens with zero attached hydrogens (tertiary/aromatic N) is 2. The van der Waals surface area contributed by atoms with Crippen LogP contribution < -0.4 is 10.1 Å². The lowest BCUT2D eigenvalue weighted by Gasteiger charge is -2.23. The van der Waals surface area contributed by atoms with Crippen molar-refractivity contribution in [2.45, 2.75) is 20.3 Å². The fourth-order valence-corrected chi connectivity index (χ4v) is 4.09. The predicted octanol–water partition coefficient (Wildman–Crippen LogP) is 3.40. The molecule has 3 aromatic rings. The van der Waals surface area contributed by atoms with E-state index in [0.29, 0.717) is 43.1 Å². The van der Waals surface area contributed by atoms with Gasteiger partial charge in [0.05, 0.1) is 18.7 Å². The van der Waals surface area contributed by atoms with Crippen molar-refractivity contribution in [3.05, 3.63) is 71.1 Å². The number of amides is 2. The van der Waals surface area contributed by atoms with E-state index in [1.54, 1.807) is 25.9 Å². The average molecular weight is 434 g/mol. The number of methoxy groups -OCH3 is 1. The second kappa shape index (κ2) is 9.26. The predicted molar refractivity (Wildman–Crippen MR) is 121 cm³/mol. The minimum Gasteiger partial charge on any atom is -0.497 e. The Morgan fingerprint density at radius 2 is 1.78 bits per heavy atom. The number of rotatable bonds is 5. The van der Waals surface area contributed by atoms with Crippen LogP contribution in [-0.4, -0.2) is 48.6 Å². The summed E-state index contributed by atoms with van der Waals surface area (Å²) in [7, 11) is 1.65. The first-order valence-electron chi connectivity index (χ1n) is 10.7. The summed E-state index contributed by atoms with van der Waals surface area (Å²) in [6.07, 6.45) is 0.556. The average Bonchev–Trinajstić information content (AvgIpc) is 3.03. The van der Waals surface area contributed by atoms with Crippen LogP contribution in [0.4, 0.5) is 0 Å². The van der Waals surface area contributed by atoms with Crippen molar-refractivity contribution in [3.63, 3.8) is 0 Å². The van der Waals surface area contributed by atoms with Crippen molar-refractivity contribution in [2.75, 3.05) is 26.7 Å². The zero-order valence-electron chi connectivity index (χ0n) is 18.6. The van der Waals surface area contributed by atoms with Gasteiger partial charge in [0.2, 0.25) is 5.91 Å². The van der Waals surface area contributed by atoms with Gasteiger partial charge in [-0.1, -0.05) is 41.6 Å². The maximum absolute atomic E-state index is 13.1. The van der Waals surface area contributed by atoms with Gasteiger partial charge in [-0.2, -0.15) is 0 Å². The van der Waals surface area contributed by atoms with Crippen LogP contribution >= 0.6 is 0 Å². The van der Waals surface area contributed by atoms with E-state index in [4.69, 9.17) is 9.26 Å². The highest BCUT2D eigenvalue weighted by Crippen LogP contribution is 2.24. The van der Waals surface area contributed by atoms with Crippen LogP contribution in [0.2, 0.25) is 0 Å². The fraction of sp³-hybridized carbons (Fsp3) is 0.320. The summed E-state index contributed by atoms with van der Waals surface area (Å²) in [5, 5.41) is 6.83. The Bertz CT molecular complexity index is 1080. The smallest absolute Gasteiger partial charge is 0.259 e. The Morgan fingerprint density at radius 3 is 2.38 bits per heavy atom. The number of aromatic nitrogens is 1. The van der Waals surface area contributed by atoms with E-state index in [9.17, 15) is 9.59 Å². The fourth-order valence-electron chi connectivity index (χ4n) is 4.09. The topological polar surface area (TPSA) is 84.7 Å². The van der Waals surface area contributed by atoms with Crippen LogP contribution in [0.25, 0.3) is 11.1 Å². The van der Waals surface area contributed by atoms with Gasteiger partial charge in [0.1, 0.15) is 17.1 Å². The standard InChI is InChI=1S/C25H27N3O4/c1-16-23(17(2)32-27-16)25(30)28-13-12-26-24(29)21(15-28)14-18-4-6-19(7-5-18)20-8-10-22(31-3)11-9-20/h4-11,21H,12-15H2,1-3H3,(H,26,29). The van der Waals surface area contributed by atoms with Crippen LogP contribution in [-0.2, 0) is 11.2 Å². The molecule has 166 valence electrons. The highest BCUT2D eigenvalue weighted by atomic mass is 16.5. The maximum atomic E-state index is 13.1. The minimum atomic E-state index is -0.325. The van der Waals surface area contributed by atoms with Crippen molar-refractivity contribution in [3.8, 4) is 16.9 Å². The van der Waals surface area contributed by atoms with Gasteiger partial charge in [0.25, 0.3) is 5.91 Å². The molecule has 32 heavy (non-hydrogen) atoms. The molecule has 1 N–H and O–H groups in total. The van der Waals surface area contributed by atoms with Crippen LogP contribution in [0.1, 0.15) is 27.4 Å². The van der Waals surface area contributed by atoms with Crippen molar-refractivity contribution >= 4 is 11.8 Å².